The number of aryl methyl sites for hydroxylation is 1. The van der Waals surface area contributed by atoms with E-state index in [1.54, 1.807) is 0 Å². The summed E-state index contributed by atoms with van der Waals surface area (Å²) >= 11 is 2.44. The molecule has 0 radical (unpaired) electrons. The van der Waals surface area contributed by atoms with Crippen LogP contribution in [-0.4, -0.2) is 26.9 Å². The standard InChI is InChI=1S/C20H21FN4O2S2/c1-12-9-10-28-17(12)16(18(26)22-20(2,3)4)25(14-7-5-13(21)6-8-14)19(27)15-11-29-24-23-15/h5-11,16H,1-4H3,(H,22,26)/t16-/m0/s1. The van der Waals surface area contributed by atoms with Crippen LogP contribution in [0.2, 0.25) is 0 Å². The Balaban J connectivity index is 2.16. The predicted octanol–water partition coefficient (Wildman–Crippen LogP) is 4.35. The number of anilines is 1. The third-order valence-electron chi connectivity index (χ3n) is 4.06. The summed E-state index contributed by atoms with van der Waals surface area (Å²) in [5.74, 6) is -1.24. The van der Waals surface area contributed by atoms with Crippen molar-refractivity contribution in [3.63, 3.8) is 0 Å². The number of hydrogen-bond donors (Lipinski definition) is 1. The minimum atomic E-state index is -0.936. The molecule has 6 nitrogen and oxygen atoms in total. The van der Waals surface area contributed by atoms with Crippen LogP contribution in [0, 0.1) is 12.7 Å². The summed E-state index contributed by atoms with van der Waals surface area (Å²) in [6, 6.07) is 6.44. The number of carbonyl (C=O) groups excluding carboxylic acids is 2. The van der Waals surface area contributed by atoms with Gasteiger partial charge in [0, 0.05) is 21.5 Å². The molecule has 0 spiro atoms. The Kier molecular flexibility index (Phi) is 6.09. The van der Waals surface area contributed by atoms with Gasteiger partial charge in [-0.1, -0.05) is 4.49 Å². The first-order chi connectivity index (χ1) is 13.7. The molecule has 0 saturated heterocycles. The van der Waals surface area contributed by atoms with Crippen molar-refractivity contribution in [3.05, 3.63) is 63.0 Å². The van der Waals surface area contributed by atoms with Crippen LogP contribution in [-0.2, 0) is 4.79 Å². The van der Waals surface area contributed by atoms with Gasteiger partial charge in [0.05, 0.1) is 0 Å². The number of hydrogen-bond acceptors (Lipinski definition) is 6. The molecule has 2 aromatic heterocycles. The average molecular weight is 433 g/mol. The molecule has 3 rings (SSSR count). The van der Waals surface area contributed by atoms with Crippen molar-refractivity contribution in [2.45, 2.75) is 39.3 Å². The fourth-order valence-corrected chi connectivity index (χ4v) is 4.27. The Bertz CT molecular complexity index is 994. The molecule has 3 aromatic rings. The van der Waals surface area contributed by atoms with Crippen LogP contribution >= 0.6 is 22.9 Å². The number of thiophene rings is 1. The zero-order valence-corrected chi connectivity index (χ0v) is 18.1. The number of aromatic nitrogens is 2. The first kappa shape index (κ1) is 21.1. The third-order valence-corrected chi connectivity index (χ3v) is 5.63. The molecule has 29 heavy (non-hydrogen) atoms. The molecule has 152 valence electrons. The fraction of sp³-hybridized carbons (Fsp3) is 0.300. The second-order valence-electron chi connectivity index (χ2n) is 7.55. The maximum Gasteiger partial charge on any atom is 0.280 e. The minimum absolute atomic E-state index is 0.127. The molecule has 9 heteroatoms. The van der Waals surface area contributed by atoms with Gasteiger partial charge in [-0.3, -0.25) is 14.5 Å². The Morgan fingerprint density at radius 3 is 2.38 bits per heavy atom. The Morgan fingerprint density at radius 1 is 1.17 bits per heavy atom. The fourth-order valence-electron chi connectivity index (χ4n) is 2.82. The highest BCUT2D eigenvalue weighted by atomic mass is 32.1. The minimum Gasteiger partial charge on any atom is -0.349 e. The number of benzene rings is 1. The van der Waals surface area contributed by atoms with Gasteiger partial charge in [-0.15, -0.1) is 16.4 Å². The molecule has 0 aliphatic carbocycles. The summed E-state index contributed by atoms with van der Waals surface area (Å²) in [4.78, 5) is 28.8. The summed E-state index contributed by atoms with van der Waals surface area (Å²) in [5, 5.41) is 10.2. The molecule has 0 fully saturated rings. The SMILES string of the molecule is Cc1ccsc1[C@@H](C(=O)NC(C)(C)C)N(C(=O)c1csnn1)c1ccc(F)cc1. The van der Waals surface area contributed by atoms with E-state index >= 15 is 0 Å². The van der Waals surface area contributed by atoms with E-state index in [1.165, 1.54) is 45.9 Å². The highest BCUT2D eigenvalue weighted by molar-refractivity contribution is 7.10. The Hall–Kier alpha value is -2.65. The number of amides is 2. The molecule has 0 saturated carbocycles. The lowest BCUT2D eigenvalue weighted by Gasteiger charge is -2.33. The Labute approximate surface area is 176 Å². The van der Waals surface area contributed by atoms with Crippen LogP contribution in [0.5, 0.6) is 0 Å². The van der Waals surface area contributed by atoms with E-state index in [1.807, 2.05) is 39.1 Å². The number of rotatable bonds is 5. The molecule has 0 unspecified atom stereocenters. The van der Waals surface area contributed by atoms with Crippen molar-refractivity contribution in [2.24, 2.45) is 0 Å². The first-order valence-electron chi connectivity index (χ1n) is 8.89. The Morgan fingerprint density at radius 2 is 1.86 bits per heavy atom. The number of carbonyl (C=O) groups is 2. The number of nitrogens with one attached hydrogen (secondary N) is 1. The second-order valence-corrected chi connectivity index (χ2v) is 9.11. The van der Waals surface area contributed by atoms with Crippen LogP contribution in [0.25, 0.3) is 0 Å². The summed E-state index contributed by atoms with van der Waals surface area (Å²) in [6.45, 7) is 7.51. The molecule has 0 aliphatic heterocycles. The highest BCUT2D eigenvalue weighted by Gasteiger charge is 2.37. The maximum atomic E-state index is 13.5. The molecule has 1 N–H and O–H groups in total. The van der Waals surface area contributed by atoms with E-state index in [2.05, 4.69) is 14.9 Å². The molecule has 1 atom stereocenters. The van der Waals surface area contributed by atoms with Crippen LogP contribution in [0.15, 0.2) is 41.1 Å². The van der Waals surface area contributed by atoms with Crippen molar-refractivity contribution < 1.29 is 14.0 Å². The van der Waals surface area contributed by atoms with Crippen molar-refractivity contribution in [2.75, 3.05) is 4.90 Å². The lowest BCUT2D eigenvalue weighted by Crippen LogP contribution is -2.49. The largest absolute Gasteiger partial charge is 0.349 e. The van der Waals surface area contributed by atoms with Crippen LogP contribution in [0.3, 0.4) is 0 Å². The number of halogens is 1. The summed E-state index contributed by atoms with van der Waals surface area (Å²) in [7, 11) is 0. The highest BCUT2D eigenvalue weighted by Crippen LogP contribution is 2.34. The third kappa shape index (κ3) is 4.86. The van der Waals surface area contributed by atoms with Gasteiger partial charge in [0.1, 0.15) is 5.82 Å². The van der Waals surface area contributed by atoms with Crippen LogP contribution < -0.4 is 10.2 Å². The summed E-state index contributed by atoms with van der Waals surface area (Å²) in [6.07, 6.45) is 0. The molecule has 1 aromatic carbocycles. The lowest BCUT2D eigenvalue weighted by molar-refractivity contribution is -0.123. The van der Waals surface area contributed by atoms with Crippen molar-refractivity contribution >= 4 is 40.4 Å². The van der Waals surface area contributed by atoms with Crippen LogP contribution in [0.1, 0.15) is 47.7 Å². The van der Waals surface area contributed by atoms with Crippen molar-refractivity contribution in [1.82, 2.24) is 14.9 Å². The first-order valence-corrected chi connectivity index (χ1v) is 10.6. The normalized spacial score (nSPS) is 12.4. The maximum absolute atomic E-state index is 13.5. The van der Waals surface area contributed by atoms with Crippen molar-refractivity contribution in [3.8, 4) is 0 Å². The summed E-state index contributed by atoms with van der Waals surface area (Å²) in [5.41, 5.74) is 0.911. The zero-order valence-electron chi connectivity index (χ0n) is 16.5. The van der Waals surface area contributed by atoms with E-state index in [0.717, 1.165) is 22.0 Å². The van der Waals surface area contributed by atoms with Gasteiger partial charge in [0.15, 0.2) is 11.7 Å². The van der Waals surface area contributed by atoms with Crippen molar-refractivity contribution in [1.29, 1.82) is 0 Å². The number of nitrogens with zero attached hydrogens (tertiary/aromatic N) is 3. The average Bonchev–Trinajstić information content (AvgIpc) is 3.30. The lowest BCUT2D eigenvalue weighted by atomic mass is 10.0. The predicted molar refractivity (Wildman–Crippen MR) is 113 cm³/mol. The zero-order chi connectivity index (χ0) is 21.2. The second kappa shape index (κ2) is 8.38. The van der Waals surface area contributed by atoms with Gasteiger partial charge in [0.2, 0.25) is 5.91 Å². The van der Waals surface area contributed by atoms with Gasteiger partial charge in [-0.25, -0.2) is 4.39 Å². The smallest absolute Gasteiger partial charge is 0.280 e. The van der Waals surface area contributed by atoms with E-state index in [9.17, 15) is 14.0 Å². The topological polar surface area (TPSA) is 75.2 Å². The molecular formula is C20H21FN4O2S2. The molecular weight excluding hydrogens is 411 g/mol. The quantitative estimate of drug-likeness (QED) is 0.650. The van der Waals surface area contributed by atoms with Gasteiger partial charge >= 0.3 is 0 Å². The molecule has 2 amide bonds. The van der Waals surface area contributed by atoms with E-state index in [4.69, 9.17) is 0 Å². The molecule has 2 heterocycles. The van der Waals surface area contributed by atoms with E-state index < -0.39 is 23.3 Å². The molecule has 0 aliphatic rings. The van der Waals surface area contributed by atoms with Gasteiger partial charge in [-0.05, 0) is 80.5 Å². The monoisotopic (exact) mass is 432 g/mol. The van der Waals surface area contributed by atoms with Gasteiger partial charge in [-0.2, -0.15) is 0 Å². The van der Waals surface area contributed by atoms with Gasteiger partial charge in [0.25, 0.3) is 5.91 Å². The van der Waals surface area contributed by atoms with Gasteiger partial charge < -0.3 is 5.32 Å². The van der Waals surface area contributed by atoms with E-state index in [0.29, 0.717) is 5.69 Å². The molecule has 0 bridgehead atoms. The van der Waals surface area contributed by atoms with E-state index in [-0.39, 0.29) is 11.6 Å². The summed E-state index contributed by atoms with van der Waals surface area (Å²) < 4.78 is 17.3. The van der Waals surface area contributed by atoms with Crippen LogP contribution in [0.4, 0.5) is 10.1 Å².